The van der Waals surface area contributed by atoms with Crippen molar-refractivity contribution in [2.45, 2.75) is 18.9 Å². The minimum Gasteiger partial charge on any atom is -0.490 e. The van der Waals surface area contributed by atoms with E-state index in [0.29, 0.717) is 5.82 Å². The first-order chi connectivity index (χ1) is 12.0. The van der Waals surface area contributed by atoms with Gasteiger partial charge < -0.3 is 19.3 Å². The summed E-state index contributed by atoms with van der Waals surface area (Å²) in [5.41, 5.74) is 0.860. The molecule has 8 heteroatoms. The van der Waals surface area contributed by atoms with Crippen molar-refractivity contribution in [3.05, 3.63) is 46.5 Å². The zero-order valence-corrected chi connectivity index (χ0v) is 14.3. The second-order valence-electron chi connectivity index (χ2n) is 6.28. The van der Waals surface area contributed by atoms with E-state index >= 15 is 0 Å². The molecule has 1 aromatic carbocycles. The van der Waals surface area contributed by atoms with Gasteiger partial charge in [0.25, 0.3) is 0 Å². The highest BCUT2D eigenvalue weighted by atomic mass is 16.6. The number of aliphatic hydroxyl groups excluding tert-OH is 1. The highest BCUT2D eigenvalue weighted by Gasteiger charge is 2.29. The molecule has 2 aromatic rings. The number of nitrogens with zero attached hydrogens (tertiary/aromatic N) is 4. The van der Waals surface area contributed by atoms with E-state index in [4.69, 9.17) is 4.74 Å². The minimum absolute atomic E-state index is 0.0358. The fourth-order valence-electron chi connectivity index (χ4n) is 3.36. The van der Waals surface area contributed by atoms with Gasteiger partial charge in [-0.25, -0.2) is 4.98 Å². The molecule has 1 aliphatic rings. The van der Waals surface area contributed by atoms with Crippen LogP contribution in [0.1, 0.15) is 24.8 Å². The number of nitro benzene ring substituents is 1. The Kier molecular flexibility index (Phi) is 4.89. The van der Waals surface area contributed by atoms with Crippen molar-refractivity contribution in [1.29, 1.82) is 0 Å². The molecule has 0 saturated carbocycles. The van der Waals surface area contributed by atoms with Crippen LogP contribution in [-0.4, -0.2) is 39.8 Å². The van der Waals surface area contributed by atoms with Crippen LogP contribution in [0.5, 0.6) is 5.75 Å². The molecule has 134 valence electrons. The zero-order chi connectivity index (χ0) is 18.0. The van der Waals surface area contributed by atoms with E-state index in [1.165, 1.54) is 13.2 Å². The highest BCUT2D eigenvalue weighted by Crippen LogP contribution is 2.35. The van der Waals surface area contributed by atoms with E-state index in [1.807, 2.05) is 17.8 Å². The number of aryl methyl sites for hydroxylation is 1. The maximum atomic E-state index is 11.0. The number of hydrogen-bond acceptors (Lipinski definition) is 6. The van der Waals surface area contributed by atoms with Crippen LogP contribution in [0, 0.1) is 16.0 Å². The van der Waals surface area contributed by atoms with E-state index in [9.17, 15) is 15.2 Å². The third kappa shape index (κ3) is 3.43. The monoisotopic (exact) mass is 346 g/mol. The predicted octanol–water partition coefficient (Wildman–Crippen LogP) is 2.29. The van der Waals surface area contributed by atoms with Gasteiger partial charge in [-0.1, -0.05) is 0 Å². The van der Waals surface area contributed by atoms with Gasteiger partial charge in [0, 0.05) is 50.4 Å². The van der Waals surface area contributed by atoms with Crippen LogP contribution in [-0.2, 0) is 7.05 Å². The van der Waals surface area contributed by atoms with Gasteiger partial charge in [-0.2, -0.15) is 0 Å². The Morgan fingerprint density at radius 3 is 2.68 bits per heavy atom. The van der Waals surface area contributed by atoms with Crippen molar-refractivity contribution in [2.24, 2.45) is 13.0 Å². The Morgan fingerprint density at radius 1 is 1.40 bits per heavy atom. The fourth-order valence-corrected chi connectivity index (χ4v) is 3.36. The SMILES string of the molecule is COc1cc(N2CCC(C(O)c3nccn3C)CC2)ccc1[N+](=O)[O-]. The standard InChI is InChI=1S/C17H22N4O4/c1-19-10-7-18-17(19)16(22)12-5-8-20(9-6-12)13-3-4-14(21(23)24)15(11-13)25-2/h3-4,7,10-12,16,22H,5-6,8-9H2,1-2H3. The topological polar surface area (TPSA) is 93.7 Å². The lowest BCUT2D eigenvalue weighted by atomic mass is 9.90. The molecule has 1 fully saturated rings. The van der Waals surface area contributed by atoms with Gasteiger partial charge in [-0.15, -0.1) is 0 Å². The number of ether oxygens (including phenoxy) is 1. The highest BCUT2D eigenvalue weighted by molar-refractivity contribution is 5.59. The molecule has 2 heterocycles. The number of methoxy groups -OCH3 is 1. The van der Waals surface area contributed by atoms with Crippen molar-refractivity contribution in [3.8, 4) is 5.75 Å². The van der Waals surface area contributed by atoms with Crippen LogP contribution in [0.3, 0.4) is 0 Å². The van der Waals surface area contributed by atoms with Crippen molar-refractivity contribution < 1.29 is 14.8 Å². The summed E-state index contributed by atoms with van der Waals surface area (Å²) in [7, 11) is 3.31. The first-order valence-corrected chi connectivity index (χ1v) is 8.24. The van der Waals surface area contributed by atoms with Crippen LogP contribution < -0.4 is 9.64 Å². The van der Waals surface area contributed by atoms with E-state index < -0.39 is 11.0 Å². The van der Waals surface area contributed by atoms with Gasteiger partial charge in [0.05, 0.1) is 12.0 Å². The zero-order valence-electron chi connectivity index (χ0n) is 14.3. The van der Waals surface area contributed by atoms with Gasteiger partial charge in [-0.3, -0.25) is 10.1 Å². The molecule has 1 aliphatic heterocycles. The van der Waals surface area contributed by atoms with Crippen molar-refractivity contribution in [3.63, 3.8) is 0 Å². The minimum atomic E-state index is -0.575. The van der Waals surface area contributed by atoms with Gasteiger partial charge >= 0.3 is 5.69 Å². The molecule has 1 N–H and O–H groups in total. The summed E-state index contributed by atoms with van der Waals surface area (Å²) in [6.45, 7) is 1.54. The number of benzene rings is 1. The number of nitro groups is 1. The average molecular weight is 346 g/mol. The Balaban J connectivity index is 1.68. The number of aromatic nitrogens is 2. The number of rotatable bonds is 5. The smallest absolute Gasteiger partial charge is 0.311 e. The second-order valence-corrected chi connectivity index (χ2v) is 6.28. The Morgan fingerprint density at radius 2 is 2.12 bits per heavy atom. The van der Waals surface area contributed by atoms with Gasteiger partial charge in [-0.05, 0) is 24.8 Å². The summed E-state index contributed by atoms with van der Waals surface area (Å²) in [5.74, 6) is 1.10. The van der Waals surface area contributed by atoms with E-state index in [0.717, 1.165) is 31.6 Å². The van der Waals surface area contributed by atoms with Crippen LogP contribution in [0.25, 0.3) is 0 Å². The summed E-state index contributed by atoms with van der Waals surface area (Å²) < 4.78 is 6.99. The summed E-state index contributed by atoms with van der Waals surface area (Å²) in [6.07, 6.45) is 4.60. The first-order valence-electron chi connectivity index (χ1n) is 8.24. The predicted molar refractivity (Wildman–Crippen MR) is 92.8 cm³/mol. The summed E-state index contributed by atoms with van der Waals surface area (Å²) >= 11 is 0. The maximum absolute atomic E-state index is 11.0. The van der Waals surface area contributed by atoms with E-state index in [1.54, 1.807) is 18.3 Å². The quantitative estimate of drug-likeness (QED) is 0.659. The Labute approximate surface area is 145 Å². The normalized spacial score (nSPS) is 16.7. The molecule has 8 nitrogen and oxygen atoms in total. The number of piperidine rings is 1. The molecular weight excluding hydrogens is 324 g/mol. The molecule has 1 saturated heterocycles. The van der Waals surface area contributed by atoms with Crippen LogP contribution in [0.15, 0.2) is 30.6 Å². The lowest BCUT2D eigenvalue weighted by Crippen LogP contribution is -2.36. The molecule has 0 amide bonds. The second kappa shape index (κ2) is 7.10. The molecule has 25 heavy (non-hydrogen) atoms. The lowest BCUT2D eigenvalue weighted by Gasteiger charge is -2.35. The molecule has 0 aliphatic carbocycles. The van der Waals surface area contributed by atoms with Crippen molar-refractivity contribution in [1.82, 2.24) is 9.55 Å². The number of aliphatic hydroxyl groups is 1. The van der Waals surface area contributed by atoms with Crippen LogP contribution >= 0.6 is 0 Å². The lowest BCUT2D eigenvalue weighted by molar-refractivity contribution is -0.385. The van der Waals surface area contributed by atoms with Gasteiger partial charge in [0.1, 0.15) is 11.9 Å². The summed E-state index contributed by atoms with van der Waals surface area (Å²) in [6, 6.07) is 4.92. The Bertz CT molecular complexity index is 753. The molecule has 0 bridgehead atoms. The van der Waals surface area contributed by atoms with Crippen molar-refractivity contribution in [2.75, 3.05) is 25.1 Å². The molecule has 1 unspecified atom stereocenters. The number of hydrogen-bond donors (Lipinski definition) is 1. The van der Waals surface area contributed by atoms with E-state index in [2.05, 4.69) is 9.88 Å². The first kappa shape index (κ1) is 17.2. The van der Waals surface area contributed by atoms with Crippen molar-refractivity contribution >= 4 is 11.4 Å². The molecular formula is C17H22N4O4. The molecule has 0 spiro atoms. The Hall–Kier alpha value is -2.61. The summed E-state index contributed by atoms with van der Waals surface area (Å²) in [4.78, 5) is 17.0. The van der Waals surface area contributed by atoms with Gasteiger partial charge in [0.15, 0.2) is 5.75 Å². The number of imidazole rings is 1. The fraction of sp³-hybridized carbons (Fsp3) is 0.471. The van der Waals surface area contributed by atoms with Crippen LogP contribution in [0.2, 0.25) is 0 Å². The average Bonchev–Trinajstić information content (AvgIpc) is 3.06. The summed E-state index contributed by atoms with van der Waals surface area (Å²) in [5, 5.41) is 21.6. The molecule has 1 atom stereocenters. The van der Waals surface area contributed by atoms with Gasteiger partial charge in [0.2, 0.25) is 0 Å². The molecule has 1 aromatic heterocycles. The van der Waals surface area contributed by atoms with E-state index in [-0.39, 0.29) is 17.4 Å². The third-order valence-electron chi connectivity index (χ3n) is 4.83. The third-order valence-corrected chi connectivity index (χ3v) is 4.83. The maximum Gasteiger partial charge on any atom is 0.311 e. The van der Waals surface area contributed by atoms with Crippen LogP contribution in [0.4, 0.5) is 11.4 Å². The largest absolute Gasteiger partial charge is 0.490 e. The molecule has 0 radical (unpaired) electrons. The molecule has 3 rings (SSSR count). The number of anilines is 1.